The van der Waals surface area contributed by atoms with Crippen LogP contribution in [0.3, 0.4) is 0 Å². The van der Waals surface area contributed by atoms with Gasteiger partial charge in [-0.2, -0.15) is 9.13 Å². The fourth-order valence-corrected chi connectivity index (χ4v) is 8.14. The van der Waals surface area contributed by atoms with Gasteiger partial charge < -0.3 is 0 Å². The monoisotopic (exact) mass is 538 g/mol. The van der Waals surface area contributed by atoms with Crippen LogP contribution in [0.15, 0.2) is 111 Å². The lowest BCUT2D eigenvalue weighted by Gasteiger charge is -2.40. The molecule has 8 heterocycles. The minimum Gasteiger partial charge on any atom is -0.192 e. The van der Waals surface area contributed by atoms with Crippen LogP contribution in [0.4, 0.5) is 11.6 Å². The van der Waals surface area contributed by atoms with Crippen LogP contribution < -0.4 is 11.0 Å². The molecule has 0 aliphatic carbocycles. The maximum absolute atomic E-state index is 5.48. The number of amidine groups is 4. The molecule has 1 spiro atoms. The van der Waals surface area contributed by atoms with Crippen molar-refractivity contribution >= 4 is 56.5 Å². The average Bonchev–Trinajstić information content (AvgIpc) is 3.74. The quantitative estimate of drug-likeness (QED) is 0.263. The Kier molecular flexibility index (Phi) is 2.93. The first-order chi connectivity index (χ1) is 20.8. The number of aliphatic imine (C=N–C) groups is 2. The van der Waals surface area contributed by atoms with Gasteiger partial charge in [0.25, 0.3) is 23.3 Å². The standard InChI is InChI=1S/C34H18N8/c1-17-9-8-16-24-25(17)33-38-31-23-15-7-6-14-22(23)29-36-27-19-11-3-2-10-18(19)26-35-28-20-12-4-5-13-21(20)30-37-32(24)42(33)34(39(26)27,40(28)30)41(29)31/h2-16H,1H3/q+2. The molecule has 2 aromatic heterocycles. The third-order valence-electron chi connectivity index (χ3n) is 9.71. The minimum atomic E-state index is -0.930. The van der Waals surface area contributed by atoms with Gasteiger partial charge in [0.15, 0.2) is 0 Å². The fourth-order valence-electron chi connectivity index (χ4n) is 8.14. The molecule has 8 heteroatoms. The SMILES string of the molecule is Cc1cccc2c3n4c(c12)N=C1c2ccccc2C2=[N+]1C41n4c(c5ccccc5c4=N2)=NC2=[N+]1C(=N3)c1ccccc12. The molecule has 6 aliphatic heterocycles. The Morgan fingerprint density at radius 2 is 1.05 bits per heavy atom. The zero-order chi connectivity index (χ0) is 27.1. The van der Waals surface area contributed by atoms with E-state index >= 15 is 0 Å². The largest absolute Gasteiger partial charge is 0.404 e. The second-order valence-electron chi connectivity index (χ2n) is 11.6. The molecule has 0 fully saturated rings. The molecular weight excluding hydrogens is 520 g/mol. The van der Waals surface area contributed by atoms with Crippen molar-refractivity contribution in [1.29, 1.82) is 0 Å². The Bertz CT molecular complexity index is 2650. The molecular formula is C34H18N8+2. The Labute approximate surface area is 237 Å². The van der Waals surface area contributed by atoms with E-state index in [1.54, 1.807) is 0 Å². The fraction of sp³-hybridized carbons (Fsp3) is 0.0588. The summed E-state index contributed by atoms with van der Waals surface area (Å²) in [5.74, 6) is 4.49. The normalized spacial score (nSPS) is 20.6. The van der Waals surface area contributed by atoms with E-state index in [0.29, 0.717) is 0 Å². The van der Waals surface area contributed by atoms with Gasteiger partial charge in [-0.1, -0.05) is 68.5 Å². The van der Waals surface area contributed by atoms with Gasteiger partial charge >= 0.3 is 5.91 Å². The molecule has 1 unspecified atom stereocenters. The van der Waals surface area contributed by atoms with Crippen molar-refractivity contribution in [3.8, 4) is 0 Å². The van der Waals surface area contributed by atoms with E-state index in [1.807, 2.05) is 0 Å². The zero-order valence-corrected chi connectivity index (χ0v) is 22.2. The van der Waals surface area contributed by atoms with Crippen molar-refractivity contribution in [2.24, 2.45) is 20.0 Å². The Balaban J connectivity index is 1.45. The maximum atomic E-state index is 5.48. The van der Waals surface area contributed by atoms with Gasteiger partial charge in [-0.15, -0.1) is 9.15 Å². The molecule has 0 amide bonds. The van der Waals surface area contributed by atoms with E-state index in [9.17, 15) is 0 Å². The highest BCUT2D eigenvalue weighted by molar-refractivity contribution is 6.20. The van der Waals surface area contributed by atoms with Crippen LogP contribution in [0.5, 0.6) is 0 Å². The van der Waals surface area contributed by atoms with Gasteiger partial charge in [0.2, 0.25) is 22.6 Å². The van der Waals surface area contributed by atoms with E-state index in [1.165, 1.54) is 5.56 Å². The second-order valence-corrected chi connectivity index (χ2v) is 11.6. The topological polar surface area (TPSA) is 65.3 Å². The first-order valence-electron chi connectivity index (χ1n) is 14.2. The highest BCUT2D eigenvalue weighted by atomic mass is 15.7. The summed E-state index contributed by atoms with van der Waals surface area (Å²) in [6.45, 7) is 2.17. The molecule has 192 valence electrons. The molecule has 0 saturated carbocycles. The number of nitrogens with zero attached hydrogens (tertiary/aromatic N) is 8. The molecule has 1 atom stereocenters. The molecule has 6 aliphatic rings. The summed E-state index contributed by atoms with van der Waals surface area (Å²) in [5, 5.41) is 4.40. The number of fused-ring (bicyclic) bond motifs is 12. The highest BCUT2D eigenvalue weighted by Gasteiger charge is 2.69. The molecule has 8 nitrogen and oxygen atoms in total. The summed E-state index contributed by atoms with van der Waals surface area (Å²) >= 11 is 0. The van der Waals surface area contributed by atoms with E-state index in [4.69, 9.17) is 20.0 Å². The summed E-state index contributed by atoms with van der Waals surface area (Å²) in [5.41, 5.74) is 7.32. The van der Waals surface area contributed by atoms with Gasteiger partial charge in [0.05, 0.1) is 27.6 Å². The van der Waals surface area contributed by atoms with Crippen molar-refractivity contribution in [2.75, 3.05) is 0 Å². The van der Waals surface area contributed by atoms with Crippen molar-refractivity contribution in [3.63, 3.8) is 0 Å². The zero-order valence-electron chi connectivity index (χ0n) is 22.2. The third kappa shape index (κ3) is 1.79. The van der Waals surface area contributed by atoms with Crippen LogP contribution in [-0.2, 0) is 5.91 Å². The van der Waals surface area contributed by atoms with Gasteiger partial charge in [-0.3, -0.25) is 0 Å². The second kappa shape index (κ2) is 6.11. The minimum absolute atomic E-state index is 0.899. The predicted octanol–water partition coefficient (Wildman–Crippen LogP) is 4.02. The van der Waals surface area contributed by atoms with E-state index in [-0.39, 0.29) is 0 Å². The molecule has 42 heavy (non-hydrogen) atoms. The first kappa shape index (κ1) is 20.2. The third-order valence-corrected chi connectivity index (χ3v) is 9.71. The molecule has 0 saturated heterocycles. The lowest BCUT2D eigenvalue weighted by Crippen LogP contribution is -2.71. The maximum Gasteiger partial charge on any atom is 0.404 e. The van der Waals surface area contributed by atoms with Crippen LogP contribution in [0.2, 0.25) is 0 Å². The Morgan fingerprint density at radius 1 is 0.524 bits per heavy atom. The summed E-state index contributed by atoms with van der Waals surface area (Å²) < 4.78 is 9.37. The van der Waals surface area contributed by atoms with Gasteiger partial charge in [-0.25, -0.2) is 0 Å². The molecule has 0 bridgehead atoms. The highest BCUT2D eigenvalue weighted by Crippen LogP contribution is 2.53. The summed E-state index contributed by atoms with van der Waals surface area (Å²) in [6.07, 6.45) is 0. The summed E-state index contributed by atoms with van der Waals surface area (Å²) in [7, 11) is 0. The van der Waals surface area contributed by atoms with E-state index < -0.39 is 5.91 Å². The predicted molar refractivity (Wildman–Crippen MR) is 158 cm³/mol. The molecule has 6 aromatic rings. The van der Waals surface area contributed by atoms with Crippen LogP contribution >= 0.6 is 0 Å². The number of hydrogen-bond donors (Lipinski definition) is 0. The van der Waals surface area contributed by atoms with E-state index in [0.717, 1.165) is 89.8 Å². The van der Waals surface area contributed by atoms with Crippen LogP contribution in [0.1, 0.15) is 27.8 Å². The molecule has 0 N–H and O–H groups in total. The van der Waals surface area contributed by atoms with Crippen molar-refractivity contribution in [1.82, 2.24) is 9.13 Å². The van der Waals surface area contributed by atoms with Crippen LogP contribution in [0.25, 0.3) is 21.5 Å². The van der Waals surface area contributed by atoms with Crippen LogP contribution in [-0.4, -0.2) is 41.6 Å². The Hall–Kier alpha value is -5.76. The van der Waals surface area contributed by atoms with Gasteiger partial charge in [0, 0.05) is 16.2 Å². The Morgan fingerprint density at radius 3 is 1.67 bits per heavy atom. The first-order valence-corrected chi connectivity index (χ1v) is 14.2. The summed E-state index contributed by atoms with van der Waals surface area (Å²) in [6, 6.07) is 32.0. The van der Waals surface area contributed by atoms with Crippen molar-refractivity contribution in [2.45, 2.75) is 12.8 Å². The van der Waals surface area contributed by atoms with Crippen molar-refractivity contribution in [3.05, 3.63) is 130 Å². The number of benzene rings is 4. The van der Waals surface area contributed by atoms with Crippen molar-refractivity contribution < 1.29 is 9.15 Å². The van der Waals surface area contributed by atoms with Crippen LogP contribution in [0, 0.1) is 6.92 Å². The average molecular weight is 539 g/mol. The molecule has 0 radical (unpaired) electrons. The number of aryl methyl sites for hydroxylation is 1. The number of hydrogen-bond acceptors (Lipinski definition) is 4. The molecule has 4 aromatic carbocycles. The van der Waals surface area contributed by atoms with Gasteiger partial charge in [0.1, 0.15) is 0 Å². The van der Waals surface area contributed by atoms with Gasteiger partial charge in [-0.05, 0) is 55.0 Å². The van der Waals surface area contributed by atoms with E-state index in [2.05, 4.69) is 116 Å². The number of aromatic nitrogens is 2. The molecule has 12 rings (SSSR count). The smallest absolute Gasteiger partial charge is 0.192 e. The lowest BCUT2D eigenvalue weighted by atomic mass is 10.1. The number of rotatable bonds is 0. The summed E-state index contributed by atoms with van der Waals surface area (Å²) in [4.78, 5) is 21.8. The lowest BCUT2D eigenvalue weighted by molar-refractivity contribution is -0.790.